The van der Waals surface area contributed by atoms with Gasteiger partial charge < -0.3 is 20.9 Å². The van der Waals surface area contributed by atoms with Gasteiger partial charge in [0.1, 0.15) is 0 Å². The van der Waals surface area contributed by atoms with E-state index in [1.54, 1.807) is 0 Å². The van der Waals surface area contributed by atoms with Gasteiger partial charge in [-0.15, -0.1) is 0 Å². The van der Waals surface area contributed by atoms with Gasteiger partial charge in [-0.2, -0.15) is 0 Å². The summed E-state index contributed by atoms with van der Waals surface area (Å²) in [5, 5.41) is 10.1. The van der Waals surface area contributed by atoms with Crippen molar-refractivity contribution < 1.29 is 20.9 Å². The molecule has 0 spiro atoms. The fourth-order valence-corrected chi connectivity index (χ4v) is 1.93. The number of unbranched alkanes of at least 4 members (excludes halogenated alkanes) is 10. The molecule has 0 aliphatic carbocycles. The Morgan fingerprint density at radius 2 is 1.05 bits per heavy atom. The fraction of sp³-hybridized carbons (Fsp3) is 0.929. The fourth-order valence-electron chi connectivity index (χ4n) is 1.93. The largest absolute Gasteiger partial charge is 3.00 e. The van der Waals surface area contributed by atoms with Crippen LogP contribution in [0.4, 0.5) is 0 Å². The molecule has 0 fully saturated rings. The van der Waals surface area contributed by atoms with Gasteiger partial charge in [-0.3, -0.25) is 0 Å². The Balaban J connectivity index is -0.000000375. The van der Waals surface area contributed by atoms with E-state index < -0.39 is 5.97 Å². The van der Waals surface area contributed by atoms with Gasteiger partial charge in [-0.25, -0.2) is 0 Å². The van der Waals surface area contributed by atoms with Crippen molar-refractivity contribution in [2.45, 2.75) is 84.0 Å². The van der Waals surface area contributed by atoms with Crippen LogP contribution in [0.15, 0.2) is 0 Å². The molecule has 0 unspecified atom stereocenters. The van der Waals surface area contributed by atoms with E-state index in [2.05, 4.69) is 6.92 Å². The third kappa shape index (κ3) is 27.2. The number of carboxylic acids is 1. The minimum absolute atomic E-state index is 0. The van der Waals surface area contributed by atoms with Crippen LogP contribution in [0.2, 0.25) is 0 Å². The van der Waals surface area contributed by atoms with E-state index in [-0.39, 0.29) is 34.7 Å². The van der Waals surface area contributed by atoms with Crippen molar-refractivity contribution in [2.75, 3.05) is 0 Å². The summed E-state index contributed by atoms with van der Waals surface area (Å²) < 4.78 is 0. The molecule has 19 heavy (non-hydrogen) atoms. The zero-order chi connectivity index (χ0) is 12.1. The van der Waals surface area contributed by atoms with E-state index in [9.17, 15) is 9.90 Å². The average molecular weight is 288 g/mol. The van der Waals surface area contributed by atoms with Crippen LogP contribution >= 0.6 is 0 Å². The van der Waals surface area contributed by atoms with Crippen LogP contribution in [0.25, 0.3) is 0 Å². The molecule has 0 atom stereocenters. The summed E-state index contributed by atoms with van der Waals surface area (Å²) in [7, 11) is 0. The molecule has 0 saturated carbocycles. The zero-order valence-corrected chi connectivity index (χ0v) is 13.4. The summed E-state index contributed by atoms with van der Waals surface area (Å²) in [6.45, 7) is 2.24. The molecule has 0 aliphatic heterocycles. The Kier molecular flexibility index (Phi) is 33.1. The van der Waals surface area contributed by atoms with E-state index in [0.717, 1.165) is 12.8 Å². The topological polar surface area (TPSA) is 100 Å². The number of carboxylic acid groups (broad SMARTS) is 1. The smallest absolute Gasteiger partial charge is 0.870 e. The molecule has 0 radical (unpaired) electrons. The molecule has 4 nitrogen and oxygen atoms in total. The molecule has 0 saturated heterocycles. The summed E-state index contributed by atoms with van der Waals surface area (Å²) in [6, 6.07) is 0. The first-order valence-corrected chi connectivity index (χ1v) is 6.97. The normalized spacial score (nSPS) is 8.89. The number of hydrogen-bond donors (Lipinski definition) is 0. The van der Waals surface area contributed by atoms with E-state index in [1.165, 1.54) is 57.8 Å². The van der Waals surface area contributed by atoms with Crippen molar-refractivity contribution in [1.82, 2.24) is 0 Å². The van der Waals surface area contributed by atoms with E-state index in [1.807, 2.05) is 0 Å². The Bertz CT molecular complexity index is 166. The number of carbonyl (C=O) groups is 1. The van der Waals surface area contributed by atoms with E-state index in [4.69, 9.17) is 0 Å². The molecule has 0 aromatic rings. The first-order valence-electron chi connectivity index (χ1n) is 6.97. The molecule has 5 heteroatoms. The maximum Gasteiger partial charge on any atom is 3.00 e. The van der Waals surface area contributed by atoms with Gasteiger partial charge >= 0.3 is 17.4 Å². The average Bonchev–Trinajstić information content (AvgIpc) is 2.25. The molecular weight excluding hydrogens is 259 g/mol. The minimum Gasteiger partial charge on any atom is -0.870 e. The Morgan fingerprint density at radius 3 is 1.37 bits per heavy atom. The Labute approximate surface area is 128 Å². The van der Waals surface area contributed by atoms with Crippen LogP contribution in [0.3, 0.4) is 0 Å². The second-order valence-electron chi connectivity index (χ2n) is 4.66. The van der Waals surface area contributed by atoms with Crippen LogP contribution in [0.1, 0.15) is 84.0 Å². The first-order chi connectivity index (χ1) is 7.77. The standard InChI is InChI=1S/C14H28O2.Al.2H2O/c1-2-3-4-5-6-7-8-9-10-11-12-13-14(15)16;;;/h2-13H2,1H3,(H,15,16);;2*1H2/q;+3;;/p-3. The predicted molar refractivity (Wildman–Crippen MR) is 75.7 cm³/mol. The van der Waals surface area contributed by atoms with Crippen molar-refractivity contribution in [1.29, 1.82) is 0 Å². The molecule has 0 rings (SSSR count). The second kappa shape index (κ2) is 23.0. The van der Waals surface area contributed by atoms with Crippen LogP contribution < -0.4 is 5.11 Å². The number of aliphatic carboxylic acids is 1. The van der Waals surface area contributed by atoms with Gasteiger partial charge in [0.15, 0.2) is 0 Å². The third-order valence-corrected chi connectivity index (χ3v) is 2.98. The van der Waals surface area contributed by atoms with Crippen molar-refractivity contribution in [3.8, 4) is 0 Å². The zero-order valence-electron chi connectivity index (χ0n) is 12.3. The summed E-state index contributed by atoms with van der Waals surface area (Å²) >= 11 is 0. The molecule has 2 N–H and O–H groups in total. The molecule has 112 valence electrons. The summed E-state index contributed by atoms with van der Waals surface area (Å²) in [5.74, 6) is -0.907. The molecule has 0 heterocycles. The monoisotopic (exact) mass is 288 g/mol. The number of hydrogen-bond acceptors (Lipinski definition) is 4. The van der Waals surface area contributed by atoms with E-state index in [0.29, 0.717) is 0 Å². The molecule has 0 bridgehead atoms. The van der Waals surface area contributed by atoms with Gasteiger partial charge in [0.05, 0.1) is 0 Å². The maximum absolute atomic E-state index is 10.1. The van der Waals surface area contributed by atoms with Gasteiger partial charge in [-0.1, -0.05) is 71.1 Å². The summed E-state index contributed by atoms with van der Waals surface area (Å²) in [4.78, 5) is 10.1. The number of carbonyl (C=O) groups excluding carboxylic acids is 1. The summed E-state index contributed by atoms with van der Waals surface area (Å²) in [5.41, 5.74) is 0. The summed E-state index contributed by atoms with van der Waals surface area (Å²) in [6.07, 6.45) is 14.0. The number of rotatable bonds is 12. The van der Waals surface area contributed by atoms with E-state index >= 15 is 0 Å². The third-order valence-electron chi connectivity index (χ3n) is 2.98. The quantitative estimate of drug-likeness (QED) is 0.407. The molecule has 0 aromatic carbocycles. The molecular formula is C14H29AlO4. The van der Waals surface area contributed by atoms with Crippen LogP contribution in [-0.2, 0) is 4.79 Å². The van der Waals surface area contributed by atoms with Crippen molar-refractivity contribution in [2.24, 2.45) is 0 Å². The first kappa shape index (κ1) is 27.3. The van der Waals surface area contributed by atoms with Gasteiger partial charge in [-0.05, 0) is 12.8 Å². The van der Waals surface area contributed by atoms with Crippen LogP contribution in [0, 0.1) is 0 Å². The molecule has 0 amide bonds. The van der Waals surface area contributed by atoms with Crippen molar-refractivity contribution >= 4 is 23.3 Å². The van der Waals surface area contributed by atoms with Crippen LogP contribution in [0.5, 0.6) is 0 Å². The van der Waals surface area contributed by atoms with Gasteiger partial charge in [0, 0.05) is 5.97 Å². The van der Waals surface area contributed by atoms with Crippen LogP contribution in [-0.4, -0.2) is 34.3 Å². The minimum atomic E-state index is -0.907. The Morgan fingerprint density at radius 1 is 0.737 bits per heavy atom. The second-order valence-corrected chi connectivity index (χ2v) is 4.66. The maximum atomic E-state index is 10.1. The van der Waals surface area contributed by atoms with Gasteiger partial charge in [0.2, 0.25) is 0 Å². The van der Waals surface area contributed by atoms with Gasteiger partial charge in [0.25, 0.3) is 0 Å². The molecule has 0 aliphatic rings. The molecule has 0 aromatic heterocycles. The SMILES string of the molecule is CCCCCCCCCCCCCC(=O)[O-].[Al+3].[OH-].[OH-]. The van der Waals surface area contributed by atoms with Crippen molar-refractivity contribution in [3.05, 3.63) is 0 Å². The predicted octanol–water partition coefficient (Wildman–Crippen LogP) is 2.70. The Hall–Kier alpha value is -0.0775. The van der Waals surface area contributed by atoms with Crippen molar-refractivity contribution in [3.63, 3.8) is 0 Å².